The van der Waals surface area contributed by atoms with E-state index in [0.29, 0.717) is 0 Å². The fraction of sp³-hybridized carbons (Fsp3) is 0.812. The molecular formula is C16H28F2N3O10+. The van der Waals surface area contributed by atoms with E-state index in [1.54, 1.807) is 5.32 Å². The molecule has 2 amide bonds. The second kappa shape index (κ2) is 10.5. The van der Waals surface area contributed by atoms with Crippen molar-refractivity contribution in [3.63, 3.8) is 0 Å². The topological polar surface area (TPSA) is 234 Å². The van der Waals surface area contributed by atoms with Crippen LogP contribution in [0.1, 0.15) is 19.8 Å². The number of aliphatic hydroxyl groups excluding tert-OH is 4. The van der Waals surface area contributed by atoms with Crippen LogP contribution >= 0.6 is 0 Å². The molecule has 0 aromatic heterocycles. The zero-order valence-corrected chi connectivity index (χ0v) is 16.6. The number of amides is 2. The third-order valence-electron chi connectivity index (χ3n) is 4.82. The molecule has 7 atom stereocenters. The van der Waals surface area contributed by atoms with Crippen LogP contribution in [-0.4, -0.2) is 110 Å². The highest BCUT2D eigenvalue weighted by atomic mass is 19.3. The van der Waals surface area contributed by atoms with Gasteiger partial charge in [-0.2, -0.15) is 8.78 Å². The molecule has 0 unspecified atom stereocenters. The van der Waals surface area contributed by atoms with Crippen LogP contribution in [0.3, 0.4) is 0 Å². The molecule has 13 nitrogen and oxygen atoms in total. The summed E-state index contributed by atoms with van der Waals surface area (Å²) in [6.07, 6.45) is -9.06. The lowest BCUT2D eigenvalue weighted by atomic mass is 9.88. The van der Waals surface area contributed by atoms with Crippen molar-refractivity contribution in [2.45, 2.75) is 68.0 Å². The Morgan fingerprint density at radius 2 is 1.81 bits per heavy atom. The zero-order valence-electron chi connectivity index (χ0n) is 16.6. The van der Waals surface area contributed by atoms with Crippen LogP contribution in [0, 0.1) is 0 Å². The summed E-state index contributed by atoms with van der Waals surface area (Å²) in [5.41, 5.74) is 3.51. The lowest BCUT2D eigenvalue weighted by Crippen LogP contribution is -2.74. The van der Waals surface area contributed by atoms with Crippen molar-refractivity contribution in [1.82, 2.24) is 10.6 Å². The van der Waals surface area contributed by atoms with E-state index < -0.39 is 79.1 Å². The van der Waals surface area contributed by atoms with Gasteiger partial charge in [-0.15, -0.1) is 0 Å². The Labute approximate surface area is 174 Å². The fourth-order valence-corrected chi connectivity index (χ4v) is 2.76. The summed E-state index contributed by atoms with van der Waals surface area (Å²) in [4.78, 5) is 34.4. The van der Waals surface area contributed by atoms with Crippen molar-refractivity contribution in [1.29, 1.82) is 0 Å². The van der Waals surface area contributed by atoms with Crippen LogP contribution < -0.4 is 16.4 Å². The van der Waals surface area contributed by atoms with Crippen LogP contribution in [0.4, 0.5) is 8.78 Å². The summed E-state index contributed by atoms with van der Waals surface area (Å²) in [7, 11) is 0. The highest BCUT2D eigenvalue weighted by Gasteiger charge is 2.69. The van der Waals surface area contributed by atoms with Crippen LogP contribution in [-0.2, 0) is 19.1 Å². The Balaban J connectivity index is 2.66. The van der Waals surface area contributed by atoms with Gasteiger partial charge in [-0.3, -0.25) is 14.4 Å². The van der Waals surface area contributed by atoms with Crippen molar-refractivity contribution < 1.29 is 64.3 Å². The summed E-state index contributed by atoms with van der Waals surface area (Å²) in [6.45, 7) is -0.277. The molecule has 31 heavy (non-hydrogen) atoms. The van der Waals surface area contributed by atoms with Gasteiger partial charge < -0.3 is 51.7 Å². The van der Waals surface area contributed by atoms with E-state index in [0.717, 1.165) is 0 Å². The first-order valence-corrected chi connectivity index (χ1v) is 9.28. The van der Waals surface area contributed by atoms with Gasteiger partial charge in [0.1, 0.15) is 30.5 Å². The number of aliphatic carboxylic acids is 1. The minimum atomic E-state index is -4.81. The van der Waals surface area contributed by atoms with Gasteiger partial charge in [0.25, 0.3) is 17.6 Å². The number of rotatable bonds is 10. The maximum absolute atomic E-state index is 14.5. The number of nitrogens with one attached hydrogen (secondary N) is 2. The number of carboxylic acids is 1. The van der Waals surface area contributed by atoms with E-state index >= 15 is 0 Å². The zero-order chi connectivity index (χ0) is 24.1. The molecule has 0 bridgehead atoms. The number of quaternary nitrogens is 1. The van der Waals surface area contributed by atoms with E-state index in [2.05, 4.69) is 15.8 Å². The molecule has 1 saturated heterocycles. The number of hydrogen-bond acceptors (Lipinski definition) is 9. The Bertz CT molecular complexity index is 668. The van der Waals surface area contributed by atoms with Gasteiger partial charge >= 0.3 is 11.9 Å². The van der Waals surface area contributed by atoms with Crippen molar-refractivity contribution in [3.8, 4) is 0 Å². The number of carbonyl (C=O) groups is 3. The molecule has 0 radical (unpaired) electrons. The van der Waals surface area contributed by atoms with Gasteiger partial charge in [0, 0.05) is 13.0 Å². The minimum absolute atomic E-state index is 0.00902. The van der Waals surface area contributed by atoms with Gasteiger partial charge in [-0.25, -0.2) is 0 Å². The van der Waals surface area contributed by atoms with Gasteiger partial charge in [0.2, 0.25) is 0 Å². The first-order valence-electron chi connectivity index (χ1n) is 9.28. The third-order valence-corrected chi connectivity index (χ3v) is 4.82. The standard InChI is InChI=1S/C16H27F2N3O10/c1-6(13(27)28)21-12(26)7(19)3-2-4-20-14(29)15(17,18)16(30)11(25)10(24)9(23)8(5-22)31-16/h6-11,22-25,30H,2-5,19H2,1H3,(H,20,29)(H,21,26)(H,27,28)/p+1/t6-,7-,8+,9-,10-,11+,16+/m0/s1. The summed E-state index contributed by atoms with van der Waals surface area (Å²) >= 11 is 0. The number of hydrogen-bond donors (Lipinski definition) is 9. The quantitative estimate of drug-likeness (QED) is 0.141. The predicted octanol–water partition coefficient (Wildman–Crippen LogP) is -5.12. The van der Waals surface area contributed by atoms with Gasteiger partial charge in [0.05, 0.1) is 6.61 Å². The lowest BCUT2D eigenvalue weighted by Gasteiger charge is -2.47. The van der Waals surface area contributed by atoms with Crippen molar-refractivity contribution >= 4 is 17.8 Å². The minimum Gasteiger partial charge on any atom is -0.480 e. The summed E-state index contributed by atoms with van der Waals surface area (Å²) in [5, 5.41) is 60.8. The number of alkyl halides is 2. The largest absolute Gasteiger partial charge is 0.480 e. The third kappa shape index (κ3) is 5.82. The molecule has 0 aromatic carbocycles. The van der Waals surface area contributed by atoms with E-state index in [1.165, 1.54) is 6.92 Å². The van der Waals surface area contributed by atoms with Gasteiger partial charge in [-0.05, 0) is 13.3 Å². The Kier molecular flexibility index (Phi) is 9.19. The van der Waals surface area contributed by atoms with E-state index in [1.807, 2.05) is 0 Å². The molecule has 15 heteroatoms. The SMILES string of the molecule is C[C@H](NC(=O)[C@@H]([NH3+])CCCNC(=O)C(F)(F)[C@]1(O)O[C@H](CO)[C@H](O)[C@H](O)[C@H]1O)C(=O)O. The lowest BCUT2D eigenvalue weighted by molar-refractivity contribution is -0.405. The first kappa shape index (κ1) is 27.0. The molecule has 1 aliphatic heterocycles. The van der Waals surface area contributed by atoms with Crippen molar-refractivity contribution in [3.05, 3.63) is 0 Å². The highest BCUT2D eigenvalue weighted by Crippen LogP contribution is 2.39. The highest BCUT2D eigenvalue weighted by molar-refractivity contribution is 5.86. The normalized spacial score (nSPS) is 30.9. The molecular weight excluding hydrogens is 432 g/mol. The van der Waals surface area contributed by atoms with Crippen LogP contribution in [0.2, 0.25) is 0 Å². The number of aliphatic hydroxyl groups is 5. The number of ether oxygens (including phenoxy) is 1. The smallest absolute Gasteiger partial charge is 0.379 e. The van der Waals surface area contributed by atoms with E-state index in [9.17, 15) is 43.6 Å². The van der Waals surface area contributed by atoms with Gasteiger partial charge in [0.15, 0.2) is 6.04 Å². The van der Waals surface area contributed by atoms with Crippen LogP contribution in [0.5, 0.6) is 0 Å². The molecule has 180 valence electrons. The summed E-state index contributed by atoms with van der Waals surface area (Å²) in [6, 6.07) is -2.09. The Morgan fingerprint density at radius 3 is 2.32 bits per heavy atom. The molecule has 0 saturated carbocycles. The molecule has 0 aromatic rings. The number of halogens is 2. The average molecular weight is 460 g/mol. The van der Waals surface area contributed by atoms with Crippen molar-refractivity contribution in [2.75, 3.05) is 13.2 Å². The Morgan fingerprint density at radius 1 is 1.23 bits per heavy atom. The molecule has 0 aliphatic carbocycles. The maximum Gasteiger partial charge on any atom is 0.379 e. The first-order chi connectivity index (χ1) is 14.2. The fourth-order valence-electron chi connectivity index (χ4n) is 2.76. The van der Waals surface area contributed by atoms with E-state index in [4.69, 9.17) is 10.2 Å². The molecule has 1 heterocycles. The Hall–Kier alpha value is -2.01. The van der Waals surface area contributed by atoms with Crippen LogP contribution in [0.15, 0.2) is 0 Å². The number of carboxylic acid groups (broad SMARTS) is 1. The molecule has 11 N–H and O–H groups in total. The maximum atomic E-state index is 14.5. The predicted molar refractivity (Wildman–Crippen MR) is 94.0 cm³/mol. The second-order valence-corrected chi connectivity index (χ2v) is 7.20. The van der Waals surface area contributed by atoms with E-state index in [-0.39, 0.29) is 12.8 Å². The second-order valence-electron chi connectivity index (χ2n) is 7.20. The molecule has 1 aliphatic rings. The molecule has 1 fully saturated rings. The van der Waals surface area contributed by atoms with Crippen molar-refractivity contribution in [2.24, 2.45) is 0 Å². The number of carbonyl (C=O) groups excluding carboxylic acids is 2. The van der Waals surface area contributed by atoms with Gasteiger partial charge in [-0.1, -0.05) is 0 Å². The average Bonchev–Trinajstić information content (AvgIpc) is 2.71. The molecule has 1 rings (SSSR count). The summed E-state index contributed by atoms with van der Waals surface area (Å²) < 4.78 is 33.5. The monoisotopic (exact) mass is 460 g/mol. The molecule has 0 spiro atoms. The summed E-state index contributed by atoms with van der Waals surface area (Å²) in [5.74, 6) is -12.8. The van der Waals surface area contributed by atoms with Crippen LogP contribution in [0.25, 0.3) is 0 Å².